The largest absolute Gasteiger partial charge is 0.361 e. The smallest absolute Gasteiger partial charge is 0.253 e. The van der Waals surface area contributed by atoms with Crippen LogP contribution in [0.4, 0.5) is 10.1 Å². The fourth-order valence-corrected chi connectivity index (χ4v) is 3.99. The van der Waals surface area contributed by atoms with Crippen molar-refractivity contribution >= 4 is 28.2 Å². The van der Waals surface area contributed by atoms with Gasteiger partial charge < -0.3 is 9.88 Å². The van der Waals surface area contributed by atoms with Gasteiger partial charge in [0.15, 0.2) is 0 Å². The van der Waals surface area contributed by atoms with Gasteiger partial charge in [-0.15, -0.1) is 0 Å². The number of halogens is 1. The number of allylic oxidation sites excluding steroid dienone is 1. The topological polar surface area (TPSA) is 48.5 Å². The number of H-pyrrole nitrogens is 1. The van der Waals surface area contributed by atoms with E-state index in [-0.39, 0.29) is 18.3 Å². The minimum absolute atomic E-state index is 0.176. The summed E-state index contributed by atoms with van der Waals surface area (Å²) in [5, 5.41) is 0.962. The Bertz CT molecular complexity index is 1300. The number of aliphatic imine (C=N–C) groups is 1. The first-order valence-corrected chi connectivity index (χ1v) is 11.6. The third kappa shape index (κ3) is 5.90. The lowest BCUT2D eigenvalue weighted by molar-refractivity contribution is -0.126. The van der Waals surface area contributed by atoms with Crippen LogP contribution in [0.5, 0.6) is 0 Å². The highest BCUT2D eigenvalue weighted by molar-refractivity contribution is 5.95. The predicted molar refractivity (Wildman–Crippen MR) is 140 cm³/mol. The van der Waals surface area contributed by atoms with Crippen molar-refractivity contribution < 1.29 is 9.18 Å². The molecule has 0 bridgehead atoms. The summed E-state index contributed by atoms with van der Waals surface area (Å²) in [6.07, 6.45) is 5.32. The second-order valence-corrected chi connectivity index (χ2v) is 9.14. The third-order valence-electron chi connectivity index (χ3n) is 6.07. The maximum atomic E-state index is 14.6. The van der Waals surface area contributed by atoms with E-state index in [9.17, 15) is 9.18 Å². The Morgan fingerprint density at radius 2 is 1.91 bits per heavy atom. The number of benzene rings is 2. The highest BCUT2D eigenvalue weighted by Gasteiger charge is 2.15. The van der Waals surface area contributed by atoms with Crippen molar-refractivity contribution in [2.45, 2.75) is 54.0 Å². The summed E-state index contributed by atoms with van der Waals surface area (Å²) in [6, 6.07) is 9.55. The molecule has 0 atom stereocenters. The van der Waals surface area contributed by atoms with E-state index in [1.165, 1.54) is 11.0 Å². The number of hydrogen-bond acceptors (Lipinski definition) is 2. The summed E-state index contributed by atoms with van der Waals surface area (Å²) in [7, 11) is 1.67. The van der Waals surface area contributed by atoms with E-state index in [4.69, 9.17) is 0 Å². The number of hydrogen-bond donors (Lipinski definition) is 1. The van der Waals surface area contributed by atoms with E-state index >= 15 is 0 Å². The molecular weight excluding hydrogens is 425 g/mol. The molecule has 0 fully saturated rings. The summed E-state index contributed by atoms with van der Waals surface area (Å²) < 4.78 is 14.6. The van der Waals surface area contributed by atoms with E-state index in [0.717, 1.165) is 51.0 Å². The fraction of sp³-hybridized carbons (Fsp3) is 0.310. The second-order valence-electron chi connectivity index (χ2n) is 9.14. The molecule has 0 aliphatic carbocycles. The number of carbonyl (C=O) groups is 1. The number of aromatic nitrogens is 1. The van der Waals surface area contributed by atoms with Gasteiger partial charge in [0.1, 0.15) is 5.82 Å². The molecule has 0 spiro atoms. The minimum Gasteiger partial charge on any atom is -0.361 e. The zero-order valence-corrected chi connectivity index (χ0v) is 21.1. The molecule has 0 radical (unpaired) electrons. The number of carbonyl (C=O) groups excluding carboxylic acids is 1. The van der Waals surface area contributed by atoms with Crippen LogP contribution < -0.4 is 0 Å². The molecule has 34 heavy (non-hydrogen) atoms. The summed E-state index contributed by atoms with van der Waals surface area (Å²) in [6.45, 7) is 14.3. The SMILES string of the molecule is C=C(/C=C(\C)Cc1ccc(/N=C(\C)CC)c(C)c1)C(=O)N(C)Cc1cc2c(C)c[nH]c2cc1F. The maximum Gasteiger partial charge on any atom is 0.253 e. The normalized spacial score (nSPS) is 12.3. The van der Waals surface area contributed by atoms with Crippen LogP contribution in [0.25, 0.3) is 10.9 Å². The number of aromatic amines is 1. The quantitative estimate of drug-likeness (QED) is 0.217. The van der Waals surface area contributed by atoms with Gasteiger partial charge in [-0.1, -0.05) is 37.3 Å². The number of aryl methyl sites for hydroxylation is 2. The molecule has 1 heterocycles. The van der Waals surface area contributed by atoms with Crippen LogP contribution in [0.15, 0.2) is 65.3 Å². The van der Waals surface area contributed by atoms with Crippen LogP contribution >= 0.6 is 0 Å². The van der Waals surface area contributed by atoms with Crippen molar-refractivity contribution in [1.29, 1.82) is 0 Å². The lowest BCUT2D eigenvalue weighted by Gasteiger charge is -2.18. The van der Waals surface area contributed by atoms with Gasteiger partial charge in [-0.2, -0.15) is 0 Å². The Balaban J connectivity index is 1.67. The van der Waals surface area contributed by atoms with Gasteiger partial charge in [0.25, 0.3) is 5.91 Å². The minimum atomic E-state index is -0.330. The molecule has 0 aliphatic heterocycles. The molecule has 1 N–H and O–H groups in total. The van der Waals surface area contributed by atoms with Crippen molar-refractivity contribution in [1.82, 2.24) is 9.88 Å². The van der Waals surface area contributed by atoms with Crippen LogP contribution in [0.3, 0.4) is 0 Å². The molecule has 0 saturated carbocycles. The van der Waals surface area contributed by atoms with E-state index < -0.39 is 0 Å². The number of nitrogens with one attached hydrogen (secondary N) is 1. The summed E-state index contributed by atoms with van der Waals surface area (Å²) in [5.74, 6) is -0.552. The van der Waals surface area contributed by atoms with Gasteiger partial charge in [-0.05, 0) is 75.4 Å². The van der Waals surface area contributed by atoms with Crippen LogP contribution in [-0.2, 0) is 17.8 Å². The Morgan fingerprint density at radius 1 is 1.18 bits per heavy atom. The van der Waals surface area contributed by atoms with Crippen LogP contribution in [0, 0.1) is 19.7 Å². The zero-order chi connectivity index (χ0) is 25.0. The van der Waals surface area contributed by atoms with Gasteiger partial charge in [-0.25, -0.2) is 4.39 Å². The molecule has 0 unspecified atom stereocenters. The van der Waals surface area contributed by atoms with E-state index in [1.54, 1.807) is 7.05 Å². The van der Waals surface area contributed by atoms with Crippen LogP contribution in [0.2, 0.25) is 0 Å². The molecule has 0 aliphatic rings. The second kappa shape index (κ2) is 10.6. The Labute approximate surface area is 201 Å². The molecule has 1 aromatic heterocycles. The number of likely N-dealkylation sites (N-methyl/N-ethyl adjacent to an activating group) is 1. The van der Waals surface area contributed by atoms with Crippen LogP contribution in [0.1, 0.15) is 49.4 Å². The summed E-state index contributed by atoms with van der Waals surface area (Å²) in [4.78, 5) is 22.1. The van der Waals surface area contributed by atoms with E-state index in [2.05, 4.69) is 42.5 Å². The first kappa shape index (κ1) is 25.2. The first-order chi connectivity index (χ1) is 16.1. The lowest BCUT2D eigenvalue weighted by atomic mass is 10.0. The Kier molecular flexibility index (Phi) is 7.87. The maximum absolute atomic E-state index is 14.6. The summed E-state index contributed by atoms with van der Waals surface area (Å²) >= 11 is 0. The Morgan fingerprint density at radius 3 is 2.59 bits per heavy atom. The predicted octanol–water partition coefficient (Wildman–Crippen LogP) is 7.13. The molecule has 1 amide bonds. The highest BCUT2D eigenvalue weighted by Crippen LogP contribution is 2.24. The van der Waals surface area contributed by atoms with E-state index in [1.807, 2.05) is 45.2 Å². The Hall–Kier alpha value is -3.47. The molecule has 0 saturated heterocycles. The van der Waals surface area contributed by atoms with Gasteiger partial charge in [0.2, 0.25) is 0 Å². The average Bonchev–Trinajstić information content (AvgIpc) is 3.14. The van der Waals surface area contributed by atoms with Crippen molar-refractivity contribution in [3.63, 3.8) is 0 Å². The highest BCUT2D eigenvalue weighted by atomic mass is 19.1. The third-order valence-corrected chi connectivity index (χ3v) is 6.07. The first-order valence-electron chi connectivity index (χ1n) is 11.6. The number of fused-ring (bicyclic) bond motifs is 1. The molecule has 3 rings (SSSR count). The van der Waals surface area contributed by atoms with Gasteiger partial charge in [0, 0.05) is 47.5 Å². The zero-order valence-electron chi connectivity index (χ0n) is 21.1. The van der Waals surface area contributed by atoms with Gasteiger partial charge in [0.05, 0.1) is 5.69 Å². The molecule has 3 aromatic rings. The van der Waals surface area contributed by atoms with E-state index in [0.29, 0.717) is 17.6 Å². The lowest BCUT2D eigenvalue weighted by Crippen LogP contribution is -2.27. The molecular formula is C29H34FN3O. The van der Waals surface area contributed by atoms with Crippen molar-refractivity contribution in [2.24, 2.45) is 4.99 Å². The fourth-order valence-electron chi connectivity index (χ4n) is 3.99. The number of nitrogens with zero attached hydrogens (tertiary/aromatic N) is 2. The summed E-state index contributed by atoms with van der Waals surface area (Å²) in [5.41, 5.74) is 8.08. The molecule has 4 nitrogen and oxygen atoms in total. The number of rotatable bonds is 8. The molecule has 2 aromatic carbocycles. The van der Waals surface area contributed by atoms with Gasteiger partial charge in [-0.3, -0.25) is 9.79 Å². The van der Waals surface area contributed by atoms with Gasteiger partial charge >= 0.3 is 0 Å². The van der Waals surface area contributed by atoms with Crippen LogP contribution in [-0.4, -0.2) is 28.6 Å². The molecule has 178 valence electrons. The molecule has 5 heteroatoms. The number of amides is 1. The average molecular weight is 460 g/mol. The van der Waals surface area contributed by atoms with Crippen molar-refractivity contribution in [3.05, 3.63) is 88.4 Å². The van der Waals surface area contributed by atoms with Crippen molar-refractivity contribution in [2.75, 3.05) is 7.05 Å². The standard InChI is InChI=1S/C29H34FN3O/c1-8-22(6)32-27-10-9-23(13-19(27)3)12-18(2)11-20(4)29(34)33(7)17-24-14-25-21(5)16-31-28(25)15-26(24)30/h9-11,13-16,31H,4,8,12,17H2,1-3,5-7H3/b18-11+,32-22+. The monoisotopic (exact) mass is 459 g/mol. The van der Waals surface area contributed by atoms with Crippen molar-refractivity contribution in [3.8, 4) is 0 Å².